The zero-order valence-corrected chi connectivity index (χ0v) is 9.88. The largest absolute Gasteiger partial charge is 0.367 e. The number of rotatable bonds is 5. The van der Waals surface area contributed by atoms with Crippen LogP contribution in [0.25, 0.3) is 0 Å². The highest BCUT2D eigenvalue weighted by Gasteiger charge is 2.29. The predicted octanol–water partition coefficient (Wildman–Crippen LogP) is 1.27. The molecule has 1 N–H and O–H groups in total. The molecular formula is C10H15N5O2. The first-order valence-corrected chi connectivity index (χ1v) is 5.51. The number of hydrogen-bond acceptors (Lipinski definition) is 6. The van der Waals surface area contributed by atoms with Crippen LogP contribution >= 0.6 is 0 Å². The molecule has 0 unspecified atom stereocenters. The summed E-state index contributed by atoms with van der Waals surface area (Å²) in [4.78, 5) is 20.3. The molecule has 0 aromatic carbocycles. The van der Waals surface area contributed by atoms with Gasteiger partial charge in [0.1, 0.15) is 6.33 Å². The van der Waals surface area contributed by atoms with Crippen LogP contribution in [0, 0.1) is 16.0 Å². The van der Waals surface area contributed by atoms with Crippen molar-refractivity contribution < 1.29 is 4.92 Å². The van der Waals surface area contributed by atoms with Crippen molar-refractivity contribution in [2.75, 3.05) is 30.9 Å². The summed E-state index contributed by atoms with van der Waals surface area (Å²) in [6, 6.07) is 0. The Morgan fingerprint density at radius 3 is 2.82 bits per heavy atom. The summed E-state index contributed by atoms with van der Waals surface area (Å²) < 4.78 is 0. The average molecular weight is 237 g/mol. The van der Waals surface area contributed by atoms with E-state index in [1.54, 1.807) is 7.05 Å². The van der Waals surface area contributed by atoms with Gasteiger partial charge in [-0.2, -0.15) is 0 Å². The fraction of sp³-hybridized carbons (Fsp3) is 0.600. The van der Waals surface area contributed by atoms with E-state index in [4.69, 9.17) is 0 Å². The maximum Gasteiger partial charge on any atom is 0.353 e. The van der Waals surface area contributed by atoms with Gasteiger partial charge in [-0.1, -0.05) is 0 Å². The minimum atomic E-state index is -0.440. The molecule has 1 saturated carbocycles. The Kier molecular flexibility index (Phi) is 3.08. The summed E-state index contributed by atoms with van der Waals surface area (Å²) in [7, 11) is 3.44. The topological polar surface area (TPSA) is 84.2 Å². The molecule has 0 aliphatic heterocycles. The second-order valence-corrected chi connectivity index (χ2v) is 4.23. The molecule has 1 aromatic heterocycles. The highest BCUT2D eigenvalue weighted by atomic mass is 16.6. The summed E-state index contributed by atoms with van der Waals surface area (Å²) in [5, 5.41) is 13.8. The van der Waals surface area contributed by atoms with E-state index >= 15 is 0 Å². The maximum atomic E-state index is 11.1. The second kappa shape index (κ2) is 4.52. The molecule has 1 aliphatic carbocycles. The molecule has 0 spiro atoms. The minimum absolute atomic E-state index is 0.0573. The Labute approximate surface area is 99.0 Å². The van der Waals surface area contributed by atoms with Gasteiger partial charge < -0.3 is 10.2 Å². The summed E-state index contributed by atoms with van der Waals surface area (Å²) in [5.74, 6) is 1.27. The molecule has 7 nitrogen and oxygen atoms in total. The fourth-order valence-electron chi connectivity index (χ4n) is 1.77. The molecule has 0 atom stereocenters. The second-order valence-electron chi connectivity index (χ2n) is 4.23. The van der Waals surface area contributed by atoms with Gasteiger partial charge in [0, 0.05) is 20.6 Å². The summed E-state index contributed by atoms with van der Waals surface area (Å²) >= 11 is 0. The summed E-state index contributed by atoms with van der Waals surface area (Å²) in [6.07, 6.45) is 3.74. The van der Waals surface area contributed by atoms with Crippen LogP contribution in [-0.4, -0.2) is 35.5 Å². The van der Waals surface area contributed by atoms with Crippen LogP contribution in [0.4, 0.5) is 17.3 Å². The fourth-order valence-corrected chi connectivity index (χ4v) is 1.77. The van der Waals surface area contributed by atoms with Gasteiger partial charge in [-0.3, -0.25) is 10.1 Å². The van der Waals surface area contributed by atoms with Crippen molar-refractivity contribution in [3.8, 4) is 0 Å². The smallest absolute Gasteiger partial charge is 0.353 e. The molecule has 0 saturated heterocycles. The molecule has 1 heterocycles. The van der Waals surface area contributed by atoms with Gasteiger partial charge in [0.25, 0.3) is 0 Å². The van der Waals surface area contributed by atoms with Crippen molar-refractivity contribution in [2.24, 2.45) is 5.92 Å². The number of anilines is 2. The monoisotopic (exact) mass is 237 g/mol. The summed E-state index contributed by atoms with van der Waals surface area (Å²) in [5.41, 5.74) is -0.0573. The number of hydrogen-bond donors (Lipinski definition) is 1. The van der Waals surface area contributed by atoms with Gasteiger partial charge in [-0.15, -0.1) is 0 Å². The van der Waals surface area contributed by atoms with E-state index in [9.17, 15) is 10.1 Å². The molecule has 0 bridgehead atoms. The molecule has 1 fully saturated rings. The lowest BCUT2D eigenvalue weighted by Crippen LogP contribution is -2.22. The standard InChI is InChI=1S/C10H15N5O2/c1-11-9-8(15(16)17)10(13-6-12-9)14(2)5-7-3-4-7/h6-7H,3-5H2,1-2H3,(H,11,12,13). The summed E-state index contributed by atoms with van der Waals surface area (Å²) in [6.45, 7) is 0.807. The lowest BCUT2D eigenvalue weighted by Gasteiger charge is -2.17. The van der Waals surface area contributed by atoms with Gasteiger partial charge in [0.05, 0.1) is 4.92 Å². The van der Waals surface area contributed by atoms with Gasteiger partial charge in [-0.25, -0.2) is 9.97 Å². The van der Waals surface area contributed by atoms with Crippen molar-refractivity contribution in [3.05, 3.63) is 16.4 Å². The van der Waals surface area contributed by atoms with Crippen molar-refractivity contribution in [2.45, 2.75) is 12.8 Å². The minimum Gasteiger partial charge on any atom is -0.367 e. The van der Waals surface area contributed by atoms with Crippen LogP contribution in [0.15, 0.2) is 6.33 Å². The van der Waals surface area contributed by atoms with Crippen molar-refractivity contribution in [3.63, 3.8) is 0 Å². The third kappa shape index (κ3) is 2.43. The van der Waals surface area contributed by atoms with Crippen LogP contribution in [0.5, 0.6) is 0 Å². The number of nitrogens with zero attached hydrogens (tertiary/aromatic N) is 4. The molecule has 1 aliphatic rings. The van der Waals surface area contributed by atoms with Crippen LogP contribution in [-0.2, 0) is 0 Å². The van der Waals surface area contributed by atoms with Crippen molar-refractivity contribution in [1.29, 1.82) is 0 Å². The molecule has 17 heavy (non-hydrogen) atoms. The van der Waals surface area contributed by atoms with Gasteiger partial charge >= 0.3 is 5.69 Å². The maximum absolute atomic E-state index is 11.1. The first-order chi connectivity index (χ1) is 8.13. The molecule has 1 aromatic rings. The van der Waals surface area contributed by atoms with Gasteiger partial charge in [-0.05, 0) is 18.8 Å². The number of nitrogens with one attached hydrogen (secondary N) is 1. The SMILES string of the molecule is CNc1ncnc(N(C)CC2CC2)c1[N+](=O)[O-]. The zero-order chi connectivity index (χ0) is 12.4. The molecule has 92 valence electrons. The van der Waals surface area contributed by atoms with Gasteiger partial charge in [0.2, 0.25) is 11.6 Å². The lowest BCUT2D eigenvalue weighted by molar-refractivity contribution is -0.383. The first kappa shape index (κ1) is 11.6. The van der Waals surface area contributed by atoms with Crippen LogP contribution in [0.1, 0.15) is 12.8 Å². The first-order valence-electron chi connectivity index (χ1n) is 5.51. The van der Waals surface area contributed by atoms with Crippen LogP contribution in [0.2, 0.25) is 0 Å². The Morgan fingerprint density at radius 1 is 1.59 bits per heavy atom. The molecule has 0 amide bonds. The number of nitro groups is 1. The highest BCUT2D eigenvalue weighted by molar-refractivity contribution is 5.69. The van der Waals surface area contributed by atoms with E-state index in [0.29, 0.717) is 11.7 Å². The van der Waals surface area contributed by atoms with Crippen LogP contribution in [0.3, 0.4) is 0 Å². The third-order valence-corrected chi connectivity index (χ3v) is 2.81. The Balaban J connectivity index is 2.33. The van der Waals surface area contributed by atoms with E-state index in [0.717, 1.165) is 6.54 Å². The Bertz CT molecular complexity index is 433. The average Bonchev–Trinajstić information content (AvgIpc) is 3.11. The number of aromatic nitrogens is 2. The van der Waals surface area contributed by atoms with E-state index in [2.05, 4.69) is 15.3 Å². The Morgan fingerprint density at radius 2 is 2.29 bits per heavy atom. The normalized spacial score (nSPS) is 14.5. The van der Waals surface area contributed by atoms with Crippen molar-refractivity contribution in [1.82, 2.24) is 9.97 Å². The van der Waals surface area contributed by atoms with Gasteiger partial charge in [0.15, 0.2) is 0 Å². The van der Waals surface area contributed by atoms with Crippen molar-refractivity contribution >= 4 is 17.3 Å². The van der Waals surface area contributed by atoms with Crippen LogP contribution < -0.4 is 10.2 Å². The molecule has 2 rings (SSSR count). The lowest BCUT2D eigenvalue weighted by atomic mass is 10.3. The predicted molar refractivity (Wildman–Crippen MR) is 64.2 cm³/mol. The zero-order valence-electron chi connectivity index (χ0n) is 9.88. The third-order valence-electron chi connectivity index (χ3n) is 2.81. The van der Waals surface area contributed by atoms with E-state index in [1.165, 1.54) is 19.2 Å². The quantitative estimate of drug-likeness (QED) is 0.613. The van der Waals surface area contributed by atoms with E-state index in [1.807, 2.05) is 11.9 Å². The Hall–Kier alpha value is -1.92. The molecular weight excluding hydrogens is 222 g/mol. The molecule has 0 radical (unpaired) electrons. The van der Waals surface area contributed by atoms with E-state index < -0.39 is 4.92 Å². The molecule has 7 heteroatoms. The highest BCUT2D eigenvalue weighted by Crippen LogP contribution is 2.35. The van der Waals surface area contributed by atoms with E-state index in [-0.39, 0.29) is 11.5 Å².